The van der Waals surface area contributed by atoms with Crippen molar-refractivity contribution >= 4 is 37.4 Å². The van der Waals surface area contributed by atoms with E-state index in [9.17, 15) is 19.2 Å². The molecule has 13 nitrogen and oxygen atoms in total. The van der Waals surface area contributed by atoms with Crippen LogP contribution >= 0.6 is 0 Å². The molecule has 0 aromatic carbocycles. The van der Waals surface area contributed by atoms with E-state index < -0.39 is 50.8 Å². The molecule has 1 saturated heterocycles. The highest BCUT2D eigenvalue weighted by molar-refractivity contribution is 6.74. The third-order valence-corrected chi connectivity index (χ3v) is 11.3. The number of ether oxygens (including phenoxy) is 4. The molecule has 1 aliphatic heterocycles. The van der Waals surface area contributed by atoms with Gasteiger partial charge in [-0.2, -0.15) is 0 Å². The average molecular weight is 553 g/mol. The van der Waals surface area contributed by atoms with Gasteiger partial charge in [-0.3, -0.25) is 28.3 Å². The molecule has 0 saturated carbocycles. The fourth-order valence-corrected chi connectivity index (χ4v) is 4.86. The molecule has 0 spiro atoms. The number of nitrogens with zero attached hydrogens (tertiary/aromatic N) is 4. The number of carbonyl (C=O) groups excluding carboxylic acids is 3. The van der Waals surface area contributed by atoms with Crippen LogP contribution in [0.15, 0.2) is 17.4 Å². The van der Waals surface area contributed by atoms with Crippen LogP contribution in [0, 0.1) is 0 Å². The number of aromatic nitrogens is 4. The maximum atomic E-state index is 13.2. The normalized spacial score (nSPS) is 21.9. The molecule has 3 heterocycles. The minimum atomic E-state index is -1.98. The summed E-state index contributed by atoms with van der Waals surface area (Å²) in [4.78, 5) is 56.9. The molecule has 38 heavy (non-hydrogen) atoms. The average Bonchev–Trinajstić information content (AvgIpc) is 3.34. The van der Waals surface area contributed by atoms with Gasteiger partial charge in [-0.25, -0.2) is 9.97 Å². The molecule has 14 heteroatoms. The minimum Gasteiger partial charge on any atom is -0.463 e. The van der Waals surface area contributed by atoms with Crippen LogP contribution in [-0.4, -0.2) is 76.9 Å². The first kappa shape index (κ1) is 29.5. The number of hydrogen-bond acceptors (Lipinski definition) is 11. The first-order valence-electron chi connectivity index (χ1n) is 12.3. The Bertz CT molecular complexity index is 1250. The lowest BCUT2D eigenvalue weighted by atomic mass is 10.1. The molecule has 1 fully saturated rings. The van der Waals surface area contributed by atoms with Gasteiger partial charge in [0.25, 0.3) is 5.56 Å². The number of fused-ring (bicyclic) bond motifs is 1. The van der Waals surface area contributed by atoms with Crippen LogP contribution in [0.5, 0.6) is 0 Å². The maximum absolute atomic E-state index is 13.2. The van der Waals surface area contributed by atoms with E-state index in [-0.39, 0.29) is 28.4 Å². The van der Waals surface area contributed by atoms with Crippen molar-refractivity contribution in [3.63, 3.8) is 0 Å². The van der Waals surface area contributed by atoms with Gasteiger partial charge in [0.15, 0.2) is 37.9 Å². The molecule has 0 radical (unpaired) electrons. The van der Waals surface area contributed by atoms with E-state index in [0.717, 1.165) is 0 Å². The monoisotopic (exact) mass is 552 g/mol. The molecule has 0 bridgehead atoms. The molecule has 0 N–H and O–H groups in total. The van der Waals surface area contributed by atoms with Crippen LogP contribution in [0.1, 0.15) is 47.8 Å². The molecular weight excluding hydrogens is 516 g/mol. The van der Waals surface area contributed by atoms with Crippen molar-refractivity contribution in [3.05, 3.63) is 23.0 Å². The van der Waals surface area contributed by atoms with Crippen LogP contribution in [0.4, 0.5) is 0 Å². The van der Waals surface area contributed by atoms with Crippen LogP contribution in [-0.2, 0) is 44.3 Å². The summed E-state index contributed by atoms with van der Waals surface area (Å²) in [6.45, 7) is 14.7. The zero-order valence-electron chi connectivity index (χ0n) is 23.0. The lowest BCUT2D eigenvalue weighted by Crippen LogP contribution is -2.41. The van der Waals surface area contributed by atoms with Crippen LogP contribution < -0.4 is 5.56 Å². The van der Waals surface area contributed by atoms with Gasteiger partial charge in [0.05, 0.1) is 12.9 Å². The summed E-state index contributed by atoms with van der Waals surface area (Å²) < 4.78 is 31.0. The Hall–Kier alpha value is -3.10. The Labute approximate surface area is 221 Å². The highest BCUT2D eigenvalue weighted by Crippen LogP contribution is 2.37. The maximum Gasteiger partial charge on any atom is 0.303 e. The van der Waals surface area contributed by atoms with Crippen LogP contribution in [0.3, 0.4) is 0 Å². The Kier molecular flexibility index (Phi) is 8.78. The Morgan fingerprint density at radius 3 is 2.21 bits per heavy atom. The van der Waals surface area contributed by atoms with Gasteiger partial charge in [0, 0.05) is 27.3 Å². The standard InChI is InChI=1S/C24H36N4O9Si/c1-14(29)33-11-17-19(35-15(2)30)20(36-16(3)31)23(37-17)28-13-25-18-21(28)26-12-27(22(18)32)9-10-34-38(7,8)24(4,5)6/h12-13,17,19-20,23H,9-11H2,1-8H3/t17-,19-,20-,23-/m1/s1. The summed E-state index contributed by atoms with van der Waals surface area (Å²) in [5, 5.41) is 0.0377. The fourth-order valence-electron chi connectivity index (χ4n) is 3.82. The van der Waals surface area contributed by atoms with Gasteiger partial charge >= 0.3 is 17.9 Å². The van der Waals surface area contributed by atoms with Gasteiger partial charge < -0.3 is 23.4 Å². The zero-order chi connectivity index (χ0) is 28.4. The smallest absolute Gasteiger partial charge is 0.303 e. The zero-order valence-corrected chi connectivity index (χ0v) is 24.0. The third-order valence-electron chi connectivity index (χ3n) is 6.77. The van der Waals surface area contributed by atoms with Gasteiger partial charge in [0.1, 0.15) is 19.0 Å². The Morgan fingerprint density at radius 2 is 1.63 bits per heavy atom. The molecule has 210 valence electrons. The van der Waals surface area contributed by atoms with Crippen LogP contribution in [0.2, 0.25) is 18.1 Å². The van der Waals surface area contributed by atoms with Crippen LogP contribution in [0.25, 0.3) is 11.2 Å². The van der Waals surface area contributed by atoms with Crippen molar-refractivity contribution in [1.82, 2.24) is 19.1 Å². The van der Waals surface area contributed by atoms with E-state index in [2.05, 4.69) is 43.8 Å². The Morgan fingerprint density at radius 1 is 1.00 bits per heavy atom. The van der Waals surface area contributed by atoms with Crippen molar-refractivity contribution in [2.75, 3.05) is 13.2 Å². The van der Waals surface area contributed by atoms with Gasteiger partial charge in [0.2, 0.25) is 0 Å². The molecule has 3 rings (SSSR count). The van der Waals surface area contributed by atoms with E-state index in [0.29, 0.717) is 13.2 Å². The summed E-state index contributed by atoms with van der Waals surface area (Å²) in [5.74, 6) is -1.84. The van der Waals surface area contributed by atoms with Crippen molar-refractivity contribution in [2.24, 2.45) is 0 Å². The second-order valence-corrected chi connectivity index (χ2v) is 15.5. The summed E-state index contributed by atoms with van der Waals surface area (Å²) in [5.41, 5.74) is -0.103. The molecule has 2 aromatic rings. The molecule has 1 aliphatic rings. The van der Waals surface area contributed by atoms with E-state index in [1.807, 2.05) is 0 Å². The predicted octanol–water partition coefficient (Wildman–Crippen LogP) is 1.94. The number of rotatable bonds is 9. The predicted molar refractivity (Wildman–Crippen MR) is 137 cm³/mol. The van der Waals surface area contributed by atoms with E-state index in [4.69, 9.17) is 23.4 Å². The lowest BCUT2D eigenvalue weighted by molar-refractivity contribution is -0.166. The largest absolute Gasteiger partial charge is 0.463 e. The number of carbonyl (C=O) groups is 3. The minimum absolute atomic E-state index is 0.0377. The van der Waals surface area contributed by atoms with E-state index >= 15 is 0 Å². The van der Waals surface area contributed by atoms with Gasteiger partial charge in [-0.15, -0.1) is 0 Å². The molecule has 0 amide bonds. The van der Waals surface area contributed by atoms with Crippen molar-refractivity contribution in [1.29, 1.82) is 0 Å². The number of esters is 3. The van der Waals surface area contributed by atoms with Crippen molar-refractivity contribution in [3.8, 4) is 0 Å². The molecule has 2 aromatic heterocycles. The van der Waals surface area contributed by atoms with Gasteiger partial charge in [-0.1, -0.05) is 20.8 Å². The first-order valence-corrected chi connectivity index (χ1v) is 15.2. The molecular formula is C24H36N4O9Si. The molecule has 4 atom stereocenters. The third kappa shape index (κ3) is 6.47. The highest BCUT2D eigenvalue weighted by Gasteiger charge is 2.51. The summed E-state index contributed by atoms with van der Waals surface area (Å²) >= 11 is 0. The van der Waals surface area contributed by atoms with E-state index in [1.54, 1.807) is 0 Å². The second kappa shape index (κ2) is 11.3. The summed E-state index contributed by atoms with van der Waals surface area (Å²) in [6.07, 6.45) is -1.45. The molecule has 0 unspecified atom stereocenters. The summed E-state index contributed by atoms with van der Waals surface area (Å²) in [6, 6.07) is 0. The SMILES string of the molecule is CC(=O)OC[C@H]1O[C@@H](n2cnc3c(=O)n(CCO[Si](C)(C)C(C)(C)C)cnc32)[C@H](OC(C)=O)[C@@H]1OC(C)=O. The van der Waals surface area contributed by atoms with E-state index in [1.165, 1.54) is 42.6 Å². The number of hydrogen-bond donors (Lipinski definition) is 0. The second-order valence-electron chi connectivity index (χ2n) is 10.7. The topological polar surface area (TPSA) is 150 Å². The van der Waals surface area contributed by atoms with Gasteiger partial charge in [-0.05, 0) is 18.1 Å². The fraction of sp³-hybridized carbons (Fsp3) is 0.667. The van der Waals surface area contributed by atoms with Crippen molar-refractivity contribution in [2.45, 2.75) is 90.8 Å². The lowest BCUT2D eigenvalue weighted by Gasteiger charge is -2.36. The summed E-state index contributed by atoms with van der Waals surface area (Å²) in [7, 11) is -1.98. The first-order chi connectivity index (χ1) is 17.6. The quantitative estimate of drug-likeness (QED) is 0.255. The highest BCUT2D eigenvalue weighted by atomic mass is 28.4. The Balaban J connectivity index is 1.91. The number of imidazole rings is 1. The molecule has 0 aliphatic carbocycles. The van der Waals surface area contributed by atoms with Crippen molar-refractivity contribution < 1.29 is 37.8 Å².